The van der Waals surface area contributed by atoms with Crippen LogP contribution in [0, 0.1) is 6.92 Å². The highest BCUT2D eigenvalue weighted by Crippen LogP contribution is 2.16. The lowest BCUT2D eigenvalue weighted by atomic mass is 10.2. The van der Waals surface area contributed by atoms with E-state index in [1.54, 1.807) is 17.8 Å². The molecule has 0 bridgehead atoms. The Morgan fingerprint density at radius 3 is 2.90 bits per heavy atom. The predicted molar refractivity (Wildman–Crippen MR) is 77.3 cm³/mol. The van der Waals surface area contributed by atoms with Gasteiger partial charge in [-0.05, 0) is 26.0 Å². The average Bonchev–Trinajstić information content (AvgIpc) is 2.75. The van der Waals surface area contributed by atoms with Crippen LogP contribution in [-0.2, 0) is 13.0 Å². The van der Waals surface area contributed by atoms with Gasteiger partial charge in [-0.3, -0.25) is 14.5 Å². The van der Waals surface area contributed by atoms with Crippen molar-refractivity contribution >= 4 is 11.6 Å². The number of carbonyl (C=O) groups is 1. The Labute approximate surface area is 118 Å². The van der Waals surface area contributed by atoms with Crippen molar-refractivity contribution in [2.45, 2.75) is 26.8 Å². The molecule has 0 saturated carbocycles. The summed E-state index contributed by atoms with van der Waals surface area (Å²) in [7, 11) is 0. The molecule has 0 aliphatic carbocycles. The third-order valence-electron chi connectivity index (χ3n) is 3.08. The molecule has 2 rings (SSSR count). The van der Waals surface area contributed by atoms with Crippen LogP contribution in [0.4, 0.5) is 5.69 Å². The largest absolute Gasteiger partial charge is 0.395 e. The van der Waals surface area contributed by atoms with Crippen molar-refractivity contribution in [3.63, 3.8) is 0 Å². The fraction of sp³-hybridized carbons (Fsp3) is 0.357. The van der Waals surface area contributed by atoms with Crippen LogP contribution in [0.5, 0.6) is 0 Å². The molecule has 6 heteroatoms. The summed E-state index contributed by atoms with van der Waals surface area (Å²) >= 11 is 0. The normalized spacial score (nSPS) is 10.5. The number of aryl methyl sites for hydroxylation is 2. The number of carbonyl (C=O) groups excluding carboxylic acids is 1. The zero-order chi connectivity index (χ0) is 14.5. The number of nitrogens with zero attached hydrogens (tertiary/aromatic N) is 3. The lowest BCUT2D eigenvalue weighted by molar-refractivity contribution is 0.0944. The molecule has 0 unspecified atom stereocenters. The van der Waals surface area contributed by atoms with E-state index in [-0.39, 0.29) is 5.91 Å². The lowest BCUT2D eigenvalue weighted by Crippen LogP contribution is -2.29. The van der Waals surface area contributed by atoms with E-state index in [1.165, 1.54) is 0 Å². The maximum atomic E-state index is 12.2. The Balaban J connectivity index is 1.99. The molecule has 0 aliphatic heterocycles. The van der Waals surface area contributed by atoms with Gasteiger partial charge in [-0.2, -0.15) is 5.10 Å². The van der Waals surface area contributed by atoms with Gasteiger partial charge in [0.05, 0.1) is 11.4 Å². The molecule has 0 fully saturated rings. The Bertz CT molecular complexity index is 591. The Hall–Kier alpha value is -2.37. The molecular weight excluding hydrogens is 254 g/mol. The van der Waals surface area contributed by atoms with Gasteiger partial charge in [0.15, 0.2) is 0 Å². The molecule has 2 aromatic rings. The zero-order valence-corrected chi connectivity index (χ0v) is 11.8. The van der Waals surface area contributed by atoms with Gasteiger partial charge in [-0.15, -0.1) is 0 Å². The van der Waals surface area contributed by atoms with Crippen molar-refractivity contribution < 1.29 is 4.79 Å². The third-order valence-corrected chi connectivity index (χ3v) is 3.08. The van der Waals surface area contributed by atoms with Gasteiger partial charge < -0.3 is 11.1 Å². The summed E-state index contributed by atoms with van der Waals surface area (Å²) in [5.41, 5.74) is 8.42. The summed E-state index contributed by atoms with van der Waals surface area (Å²) in [6.07, 6.45) is 2.43. The first-order chi connectivity index (χ1) is 9.63. The van der Waals surface area contributed by atoms with Crippen LogP contribution < -0.4 is 11.1 Å². The fourth-order valence-corrected chi connectivity index (χ4v) is 2.00. The molecule has 2 heterocycles. The number of aromatic nitrogens is 3. The molecule has 0 saturated heterocycles. The van der Waals surface area contributed by atoms with Gasteiger partial charge in [0.2, 0.25) is 0 Å². The highest BCUT2D eigenvalue weighted by molar-refractivity contribution is 5.97. The summed E-state index contributed by atoms with van der Waals surface area (Å²) in [5.74, 6) is -0.194. The third kappa shape index (κ3) is 2.96. The molecule has 0 radical (unpaired) electrons. The van der Waals surface area contributed by atoms with Crippen LogP contribution in [-0.4, -0.2) is 27.2 Å². The van der Waals surface area contributed by atoms with Crippen molar-refractivity contribution in [1.82, 2.24) is 20.1 Å². The molecule has 0 aromatic carbocycles. The quantitative estimate of drug-likeness (QED) is 0.856. The highest BCUT2D eigenvalue weighted by Gasteiger charge is 2.18. The van der Waals surface area contributed by atoms with Gasteiger partial charge in [0.1, 0.15) is 5.69 Å². The second kappa shape index (κ2) is 6.18. The van der Waals surface area contributed by atoms with Gasteiger partial charge in [0.25, 0.3) is 5.91 Å². The minimum Gasteiger partial charge on any atom is -0.395 e. The van der Waals surface area contributed by atoms with Crippen LogP contribution in [0.25, 0.3) is 0 Å². The standard InChI is InChI=1S/C14H19N5O/c1-3-19-13(12(15)10(2)18-19)14(20)17-9-7-11-6-4-5-8-16-11/h4-6,8H,3,7,9,15H2,1-2H3,(H,17,20). The molecule has 106 valence electrons. The number of pyridine rings is 1. The second-order valence-electron chi connectivity index (χ2n) is 4.49. The van der Waals surface area contributed by atoms with Gasteiger partial charge in [0, 0.05) is 31.4 Å². The van der Waals surface area contributed by atoms with Crippen LogP contribution in [0.3, 0.4) is 0 Å². The molecule has 3 N–H and O–H groups in total. The first-order valence-electron chi connectivity index (χ1n) is 6.64. The topological polar surface area (TPSA) is 85.8 Å². The Morgan fingerprint density at radius 2 is 2.25 bits per heavy atom. The summed E-state index contributed by atoms with van der Waals surface area (Å²) in [4.78, 5) is 16.4. The van der Waals surface area contributed by atoms with E-state index in [4.69, 9.17) is 5.73 Å². The number of hydrogen-bond donors (Lipinski definition) is 2. The maximum absolute atomic E-state index is 12.2. The minimum absolute atomic E-state index is 0.194. The van der Waals surface area contributed by atoms with E-state index < -0.39 is 0 Å². The number of nitrogens with one attached hydrogen (secondary N) is 1. The SMILES string of the molecule is CCn1nc(C)c(N)c1C(=O)NCCc1ccccn1. The molecule has 0 spiro atoms. The number of anilines is 1. The average molecular weight is 273 g/mol. The highest BCUT2D eigenvalue weighted by atomic mass is 16.2. The molecule has 1 amide bonds. The smallest absolute Gasteiger partial charge is 0.271 e. The van der Waals surface area contributed by atoms with Crippen molar-refractivity contribution in [1.29, 1.82) is 0 Å². The predicted octanol–water partition coefficient (Wildman–Crippen LogP) is 1.16. The van der Waals surface area contributed by atoms with Crippen LogP contribution in [0.15, 0.2) is 24.4 Å². The maximum Gasteiger partial charge on any atom is 0.271 e. The van der Waals surface area contributed by atoms with E-state index in [1.807, 2.05) is 25.1 Å². The summed E-state index contributed by atoms with van der Waals surface area (Å²) < 4.78 is 1.63. The number of nitrogens with two attached hydrogens (primary N) is 1. The van der Waals surface area contributed by atoms with Gasteiger partial charge in [-0.25, -0.2) is 0 Å². The lowest BCUT2D eigenvalue weighted by Gasteiger charge is -2.07. The van der Waals surface area contributed by atoms with Crippen molar-refractivity contribution in [2.24, 2.45) is 0 Å². The van der Waals surface area contributed by atoms with E-state index in [0.29, 0.717) is 36.6 Å². The van der Waals surface area contributed by atoms with Crippen molar-refractivity contribution in [3.05, 3.63) is 41.5 Å². The van der Waals surface area contributed by atoms with Gasteiger partial charge >= 0.3 is 0 Å². The summed E-state index contributed by atoms with van der Waals surface area (Å²) in [6, 6.07) is 5.73. The molecule has 0 atom stereocenters. The van der Waals surface area contributed by atoms with E-state index in [0.717, 1.165) is 5.69 Å². The Morgan fingerprint density at radius 1 is 1.45 bits per heavy atom. The van der Waals surface area contributed by atoms with Crippen LogP contribution >= 0.6 is 0 Å². The molecule has 6 nitrogen and oxygen atoms in total. The fourth-order valence-electron chi connectivity index (χ4n) is 2.00. The number of nitrogen functional groups attached to an aromatic ring is 1. The second-order valence-corrected chi connectivity index (χ2v) is 4.49. The Kier molecular flexibility index (Phi) is 4.34. The number of amides is 1. The monoisotopic (exact) mass is 273 g/mol. The van der Waals surface area contributed by atoms with Crippen molar-refractivity contribution in [2.75, 3.05) is 12.3 Å². The molecular formula is C14H19N5O. The molecule has 2 aromatic heterocycles. The van der Waals surface area contributed by atoms with E-state index in [9.17, 15) is 4.79 Å². The molecule has 20 heavy (non-hydrogen) atoms. The summed E-state index contributed by atoms with van der Waals surface area (Å²) in [6.45, 7) is 4.85. The number of rotatable bonds is 5. The minimum atomic E-state index is -0.194. The summed E-state index contributed by atoms with van der Waals surface area (Å²) in [5, 5.41) is 7.09. The first kappa shape index (κ1) is 14.0. The molecule has 0 aliphatic rings. The van der Waals surface area contributed by atoms with Crippen LogP contribution in [0.2, 0.25) is 0 Å². The van der Waals surface area contributed by atoms with Crippen LogP contribution in [0.1, 0.15) is 28.8 Å². The van der Waals surface area contributed by atoms with Gasteiger partial charge in [-0.1, -0.05) is 6.07 Å². The van der Waals surface area contributed by atoms with E-state index in [2.05, 4.69) is 15.4 Å². The first-order valence-corrected chi connectivity index (χ1v) is 6.64. The zero-order valence-electron chi connectivity index (χ0n) is 11.8. The van der Waals surface area contributed by atoms with E-state index >= 15 is 0 Å². The number of hydrogen-bond acceptors (Lipinski definition) is 4. The van der Waals surface area contributed by atoms with Crippen molar-refractivity contribution in [3.8, 4) is 0 Å².